The number of hydrogen-bond acceptors (Lipinski definition) is 5. The number of phenolic OH excluding ortho intramolecular Hbond substituents is 2. The van der Waals surface area contributed by atoms with Gasteiger partial charge in [-0.1, -0.05) is 0 Å². The molecule has 0 heterocycles. The fraction of sp³-hybridized carbons (Fsp3) is 0.222. The van der Waals surface area contributed by atoms with Gasteiger partial charge in [-0.25, -0.2) is 4.79 Å². The van der Waals surface area contributed by atoms with Gasteiger partial charge in [0.15, 0.2) is 0 Å². The normalized spacial score (nSPS) is 12.1. The number of phenols is 2. The molecule has 1 unspecified atom stereocenters. The number of rotatable bonds is 2. The minimum atomic E-state index is -0.770. The summed E-state index contributed by atoms with van der Waals surface area (Å²) in [5, 5.41) is 18.3. The predicted molar refractivity (Wildman–Crippen MR) is 48.8 cm³/mol. The minimum Gasteiger partial charge on any atom is -0.508 e. The van der Waals surface area contributed by atoms with Gasteiger partial charge in [-0.05, 0) is 25.1 Å². The number of carbonyl (C=O) groups is 1. The third kappa shape index (κ3) is 2.37. The van der Waals surface area contributed by atoms with Crippen molar-refractivity contribution in [1.29, 1.82) is 0 Å². The van der Waals surface area contributed by atoms with Crippen molar-refractivity contribution in [3.8, 4) is 11.5 Å². The molecule has 0 bridgehead atoms. The second-order valence-corrected chi connectivity index (χ2v) is 2.81. The third-order valence-corrected chi connectivity index (χ3v) is 1.49. The third-order valence-electron chi connectivity index (χ3n) is 1.49. The van der Waals surface area contributed by atoms with Gasteiger partial charge in [0, 0.05) is 0 Å². The van der Waals surface area contributed by atoms with Gasteiger partial charge in [0.2, 0.25) is 0 Å². The van der Waals surface area contributed by atoms with Crippen molar-refractivity contribution in [2.45, 2.75) is 13.2 Å². The lowest BCUT2D eigenvalue weighted by Gasteiger charge is -2.08. The highest BCUT2D eigenvalue weighted by molar-refractivity contribution is 5.92. The van der Waals surface area contributed by atoms with E-state index in [1.54, 1.807) is 0 Å². The van der Waals surface area contributed by atoms with E-state index >= 15 is 0 Å². The lowest BCUT2D eigenvalue weighted by molar-refractivity contribution is 0.0351. The Kier molecular flexibility index (Phi) is 2.93. The van der Waals surface area contributed by atoms with E-state index < -0.39 is 12.2 Å². The molecular formula is C9H11NO4. The van der Waals surface area contributed by atoms with Crippen LogP contribution in [-0.4, -0.2) is 22.4 Å². The fourth-order valence-corrected chi connectivity index (χ4v) is 0.920. The molecule has 1 atom stereocenters. The standard InChI is InChI=1S/C9H11NO4/c1-5(10)14-9(13)7-4-6(11)2-3-8(7)12/h2-5,11-12H,10H2,1H3. The van der Waals surface area contributed by atoms with Gasteiger partial charge in [-0.15, -0.1) is 0 Å². The number of nitrogens with two attached hydrogens (primary N) is 1. The zero-order valence-corrected chi connectivity index (χ0v) is 7.60. The summed E-state index contributed by atoms with van der Waals surface area (Å²) in [4.78, 5) is 11.3. The molecule has 0 aliphatic heterocycles. The van der Waals surface area contributed by atoms with Crippen LogP contribution >= 0.6 is 0 Å². The SMILES string of the molecule is CC(N)OC(=O)c1cc(O)ccc1O. The Hall–Kier alpha value is -1.75. The highest BCUT2D eigenvalue weighted by Gasteiger charge is 2.14. The van der Waals surface area contributed by atoms with Crippen LogP contribution in [0.2, 0.25) is 0 Å². The van der Waals surface area contributed by atoms with Crippen molar-refractivity contribution in [3.05, 3.63) is 23.8 Å². The minimum absolute atomic E-state index is 0.109. The second-order valence-electron chi connectivity index (χ2n) is 2.81. The molecule has 0 spiro atoms. The highest BCUT2D eigenvalue weighted by Crippen LogP contribution is 2.22. The first-order chi connectivity index (χ1) is 6.50. The Bertz CT molecular complexity index is 349. The number of aromatic hydroxyl groups is 2. The first-order valence-electron chi connectivity index (χ1n) is 3.99. The molecule has 4 N–H and O–H groups in total. The fourth-order valence-electron chi connectivity index (χ4n) is 0.920. The molecule has 76 valence electrons. The van der Waals surface area contributed by atoms with Crippen LogP contribution in [0.1, 0.15) is 17.3 Å². The highest BCUT2D eigenvalue weighted by atomic mass is 16.6. The van der Waals surface area contributed by atoms with Gasteiger partial charge >= 0.3 is 5.97 Å². The average molecular weight is 197 g/mol. The van der Waals surface area contributed by atoms with Crippen molar-refractivity contribution >= 4 is 5.97 Å². The zero-order valence-electron chi connectivity index (χ0n) is 7.60. The summed E-state index contributed by atoms with van der Waals surface area (Å²) in [7, 11) is 0. The van der Waals surface area contributed by atoms with E-state index in [0.29, 0.717) is 0 Å². The van der Waals surface area contributed by atoms with Crippen molar-refractivity contribution in [2.75, 3.05) is 0 Å². The van der Waals surface area contributed by atoms with E-state index in [1.807, 2.05) is 0 Å². The maximum absolute atomic E-state index is 11.3. The van der Waals surface area contributed by atoms with Gasteiger partial charge in [-0.2, -0.15) is 0 Å². The topological polar surface area (TPSA) is 92.8 Å². The van der Waals surface area contributed by atoms with Crippen molar-refractivity contribution < 1.29 is 19.7 Å². The van der Waals surface area contributed by atoms with Crippen LogP contribution < -0.4 is 5.73 Å². The summed E-state index contributed by atoms with van der Waals surface area (Å²) < 4.78 is 4.64. The number of hydrogen-bond donors (Lipinski definition) is 3. The van der Waals surface area contributed by atoms with E-state index in [0.717, 1.165) is 6.07 Å². The van der Waals surface area contributed by atoms with Gasteiger partial charge in [0.1, 0.15) is 23.3 Å². The number of benzene rings is 1. The molecule has 0 aromatic heterocycles. The largest absolute Gasteiger partial charge is 0.508 e. The van der Waals surface area contributed by atoms with Gasteiger partial charge in [-0.3, -0.25) is 5.73 Å². The number of ether oxygens (including phenoxy) is 1. The lowest BCUT2D eigenvalue weighted by atomic mass is 10.2. The molecule has 0 aliphatic rings. The lowest BCUT2D eigenvalue weighted by Crippen LogP contribution is -2.23. The summed E-state index contributed by atoms with van der Waals surface area (Å²) >= 11 is 0. The summed E-state index contributed by atoms with van der Waals surface area (Å²) in [6, 6.07) is 3.57. The summed E-state index contributed by atoms with van der Waals surface area (Å²) in [6.45, 7) is 1.48. The molecule has 0 amide bonds. The molecule has 0 radical (unpaired) electrons. The van der Waals surface area contributed by atoms with Crippen LogP contribution in [-0.2, 0) is 4.74 Å². The molecule has 0 saturated carbocycles. The van der Waals surface area contributed by atoms with Gasteiger partial charge in [0.25, 0.3) is 0 Å². The van der Waals surface area contributed by atoms with Crippen molar-refractivity contribution in [1.82, 2.24) is 0 Å². The first kappa shape index (κ1) is 10.3. The Morgan fingerprint density at radius 3 is 2.71 bits per heavy atom. The number of carbonyl (C=O) groups excluding carboxylic acids is 1. The molecule has 0 aliphatic carbocycles. The molecular weight excluding hydrogens is 186 g/mol. The van der Waals surface area contributed by atoms with Crippen molar-refractivity contribution in [2.24, 2.45) is 5.73 Å². The van der Waals surface area contributed by atoms with E-state index in [2.05, 4.69) is 4.74 Å². The average Bonchev–Trinajstić information content (AvgIpc) is 2.08. The van der Waals surface area contributed by atoms with Crippen LogP contribution in [0.25, 0.3) is 0 Å². The van der Waals surface area contributed by atoms with Crippen LogP contribution in [0.3, 0.4) is 0 Å². The van der Waals surface area contributed by atoms with Crippen LogP contribution in [0.15, 0.2) is 18.2 Å². The molecule has 0 fully saturated rings. The first-order valence-corrected chi connectivity index (χ1v) is 3.99. The van der Waals surface area contributed by atoms with Crippen LogP contribution in [0.5, 0.6) is 11.5 Å². The molecule has 14 heavy (non-hydrogen) atoms. The van der Waals surface area contributed by atoms with Gasteiger partial charge < -0.3 is 14.9 Å². The summed E-state index contributed by atoms with van der Waals surface area (Å²) in [6.07, 6.45) is -0.760. The van der Waals surface area contributed by atoms with E-state index in [4.69, 9.17) is 10.8 Å². The van der Waals surface area contributed by atoms with E-state index in [9.17, 15) is 9.90 Å². The van der Waals surface area contributed by atoms with E-state index in [-0.39, 0.29) is 17.1 Å². The Morgan fingerprint density at radius 1 is 1.50 bits per heavy atom. The maximum atomic E-state index is 11.3. The molecule has 0 saturated heterocycles. The quantitative estimate of drug-likeness (QED) is 0.366. The summed E-state index contributed by atoms with van der Waals surface area (Å²) in [5.74, 6) is -1.15. The van der Waals surface area contributed by atoms with Gasteiger partial charge in [0.05, 0.1) is 0 Å². The molecule has 5 nitrogen and oxygen atoms in total. The van der Waals surface area contributed by atoms with Crippen LogP contribution in [0.4, 0.5) is 0 Å². The predicted octanol–water partition coefficient (Wildman–Crippen LogP) is 0.559. The Balaban J connectivity index is 2.94. The number of esters is 1. The molecule has 1 aromatic rings. The second kappa shape index (κ2) is 3.97. The zero-order chi connectivity index (χ0) is 10.7. The van der Waals surface area contributed by atoms with Crippen LogP contribution in [0, 0.1) is 0 Å². The molecule has 1 aromatic carbocycles. The Morgan fingerprint density at radius 2 is 2.14 bits per heavy atom. The Labute approximate surface area is 80.7 Å². The smallest absolute Gasteiger partial charge is 0.343 e. The maximum Gasteiger partial charge on any atom is 0.343 e. The molecule has 1 rings (SSSR count). The van der Waals surface area contributed by atoms with E-state index in [1.165, 1.54) is 19.1 Å². The monoisotopic (exact) mass is 197 g/mol. The van der Waals surface area contributed by atoms with Crippen molar-refractivity contribution in [3.63, 3.8) is 0 Å². The summed E-state index contributed by atoms with van der Waals surface area (Å²) in [5.41, 5.74) is 5.12. The molecule has 5 heteroatoms.